The SMILES string of the molecule is COC1CN(CCC(N)c2ccc(Cl)cc2)CCC1C. The van der Waals surface area contributed by atoms with Crippen molar-refractivity contribution in [2.24, 2.45) is 11.7 Å². The average Bonchev–Trinajstić information content (AvgIpc) is 2.46. The Hall–Kier alpha value is -0.610. The second-order valence-corrected chi connectivity index (χ2v) is 6.22. The molecule has 0 aliphatic carbocycles. The number of likely N-dealkylation sites (tertiary alicyclic amines) is 1. The number of hydrogen-bond donors (Lipinski definition) is 1. The zero-order valence-corrected chi connectivity index (χ0v) is 13.1. The standard InChI is InChI=1S/C16H25ClN2O/c1-12-7-9-19(11-16(12)20-2)10-8-15(18)13-3-5-14(17)6-4-13/h3-6,12,15-16H,7-11,18H2,1-2H3. The summed E-state index contributed by atoms with van der Waals surface area (Å²) in [5.41, 5.74) is 7.41. The van der Waals surface area contributed by atoms with Crippen molar-refractivity contribution in [3.8, 4) is 0 Å². The maximum Gasteiger partial charge on any atom is 0.0724 e. The lowest BCUT2D eigenvalue weighted by molar-refractivity contribution is -0.00555. The summed E-state index contributed by atoms with van der Waals surface area (Å²) in [5.74, 6) is 0.654. The van der Waals surface area contributed by atoms with Gasteiger partial charge in [0, 0.05) is 31.3 Å². The molecule has 0 amide bonds. The molecule has 1 aromatic carbocycles. The fourth-order valence-electron chi connectivity index (χ4n) is 2.81. The number of benzene rings is 1. The summed E-state index contributed by atoms with van der Waals surface area (Å²) in [6, 6.07) is 7.92. The van der Waals surface area contributed by atoms with Gasteiger partial charge >= 0.3 is 0 Å². The fourth-order valence-corrected chi connectivity index (χ4v) is 2.93. The summed E-state index contributed by atoms with van der Waals surface area (Å²) < 4.78 is 5.55. The van der Waals surface area contributed by atoms with E-state index in [1.807, 2.05) is 31.4 Å². The van der Waals surface area contributed by atoms with E-state index >= 15 is 0 Å². The molecule has 4 heteroatoms. The van der Waals surface area contributed by atoms with E-state index in [1.165, 1.54) is 6.42 Å². The lowest BCUT2D eigenvalue weighted by Crippen LogP contribution is -2.44. The van der Waals surface area contributed by atoms with Crippen molar-refractivity contribution in [2.45, 2.75) is 31.9 Å². The Morgan fingerprint density at radius 1 is 1.40 bits per heavy atom. The number of nitrogens with zero attached hydrogens (tertiary/aromatic N) is 1. The average molecular weight is 297 g/mol. The van der Waals surface area contributed by atoms with Gasteiger partial charge in [-0.2, -0.15) is 0 Å². The van der Waals surface area contributed by atoms with Gasteiger partial charge in [-0.15, -0.1) is 0 Å². The van der Waals surface area contributed by atoms with Crippen LogP contribution >= 0.6 is 11.6 Å². The van der Waals surface area contributed by atoms with Crippen LogP contribution in [-0.4, -0.2) is 37.7 Å². The molecule has 3 nitrogen and oxygen atoms in total. The molecule has 1 aliphatic heterocycles. The van der Waals surface area contributed by atoms with Gasteiger partial charge in [-0.1, -0.05) is 30.7 Å². The molecule has 112 valence electrons. The summed E-state index contributed by atoms with van der Waals surface area (Å²) >= 11 is 5.90. The Morgan fingerprint density at radius 2 is 2.10 bits per heavy atom. The molecule has 20 heavy (non-hydrogen) atoms. The van der Waals surface area contributed by atoms with Crippen LogP contribution in [0.15, 0.2) is 24.3 Å². The number of halogens is 1. The molecule has 0 aromatic heterocycles. The second-order valence-electron chi connectivity index (χ2n) is 5.79. The zero-order chi connectivity index (χ0) is 14.5. The normalized spacial score (nSPS) is 25.6. The monoisotopic (exact) mass is 296 g/mol. The maximum atomic E-state index is 6.26. The first-order valence-electron chi connectivity index (χ1n) is 7.36. The van der Waals surface area contributed by atoms with Crippen LogP contribution in [0.25, 0.3) is 0 Å². The predicted molar refractivity (Wildman–Crippen MR) is 84.0 cm³/mol. The summed E-state index contributed by atoms with van der Waals surface area (Å²) in [6.45, 7) is 5.46. The summed E-state index contributed by atoms with van der Waals surface area (Å²) in [6.07, 6.45) is 2.52. The minimum absolute atomic E-state index is 0.0765. The Labute approximate surface area is 127 Å². The van der Waals surface area contributed by atoms with Crippen molar-refractivity contribution in [3.05, 3.63) is 34.9 Å². The molecular formula is C16H25ClN2O. The van der Waals surface area contributed by atoms with Crippen molar-refractivity contribution in [3.63, 3.8) is 0 Å². The van der Waals surface area contributed by atoms with Gasteiger partial charge < -0.3 is 15.4 Å². The molecule has 1 fully saturated rings. The summed E-state index contributed by atoms with van der Waals surface area (Å²) in [7, 11) is 1.81. The van der Waals surface area contributed by atoms with E-state index in [4.69, 9.17) is 22.1 Å². The van der Waals surface area contributed by atoms with E-state index < -0.39 is 0 Å². The largest absolute Gasteiger partial charge is 0.380 e. The third-order valence-corrected chi connectivity index (χ3v) is 4.58. The topological polar surface area (TPSA) is 38.5 Å². The molecule has 0 bridgehead atoms. The molecule has 3 unspecified atom stereocenters. The molecular weight excluding hydrogens is 272 g/mol. The van der Waals surface area contributed by atoms with Crippen LogP contribution in [0, 0.1) is 5.92 Å². The van der Waals surface area contributed by atoms with E-state index in [0.29, 0.717) is 12.0 Å². The highest BCUT2D eigenvalue weighted by molar-refractivity contribution is 6.30. The number of methoxy groups -OCH3 is 1. The van der Waals surface area contributed by atoms with Crippen LogP contribution in [-0.2, 0) is 4.74 Å². The molecule has 0 saturated carbocycles. The number of hydrogen-bond acceptors (Lipinski definition) is 3. The smallest absolute Gasteiger partial charge is 0.0724 e. The first-order chi connectivity index (χ1) is 9.60. The Balaban J connectivity index is 1.81. The summed E-state index contributed by atoms with van der Waals surface area (Å²) in [4.78, 5) is 2.46. The van der Waals surface area contributed by atoms with Crippen molar-refractivity contribution in [1.29, 1.82) is 0 Å². The third kappa shape index (κ3) is 4.19. The predicted octanol–water partition coefficient (Wildman–Crippen LogP) is 3.09. The van der Waals surface area contributed by atoms with E-state index in [1.54, 1.807) is 0 Å². The molecule has 1 aromatic rings. The molecule has 2 N–H and O–H groups in total. The maximum absolute atomic E-state index is 6.26. The van der Waals surface area contributed by atoms with Gasteiger partial charge in [-0.05, 0) is 43.0 Å². The van der Waals surface area contributed by atoms with Crippen molar-refractivity contribution in [1.82, 2.24) is 4.90 Å². The first-order valence-corrected chi connectivity index (χ1v) is 7.74. The molecule has 0 spiro atoms. The molecule has 0 radical (unpaired) electrons. The molecule has 1 saturated heterocycles. The van der Waals surface area contributed by atoms with E-state index in [9.17, 15) is 0 Å². The van der Waals surface area contributed by atoms with Crippen molar-refractivity contribution < 1.29 is 4.74 Å². The highest BCUT2D eigenvalue weighted by atomic mass is 35.5. The van der Waals surface area contributed by atoms with Crippen LogP contribution in [0.1, 0.15) is 31.4 Å². The number of nitrogens with two attached hydrogens (primary N) is 1. The van der Waals surface area contributed by atoms with Gasteiger partial charge in [0.2, 0.25) is 0 Å². The lowest BCUT2D eigenvalue weighted by atomic mass is 9.95. The van der Waals surface area contributed by atoms with Gasteiger partial charge in [0.05, 0.1) is 6.10 Å². The highest BCUT2D eigenvalue weighted by Gasteiger charge is 2.25. The van der Waals surface area contributed by atoms with Gasteiger partial charge in [0.1, 0.15) is 0 Å². The molecule has 1 aliphatic rings. The van der Waals surface area contributed by atoms with Gasteiger partial charge in [-0.25, -0.2) is 0 Å². The lowest BCUT2D eigenvalue weighted by Gasteiger charge is -2.36. The number of rotatable bonds is 5. The number of ether oxygens (including phenoxy) is 1. The van der Waals surface area contributed by atoms with Crippen LogP contribution < -0.4 is 5.73 Å². The van der Waals surface area contributed by atoms with Gasteiger partial charge in [0.15, 0.2) is 0 Å². The van der Waals surface area contributed by atoms with Crippen LogP contribution in [0.4, 0.5) is 0 Å². The fraction of sp³-hybridized carbons (Fsp3) is 0.625. The Bertz CT molecular complexity index is 409. The second kappa shape index (κ2) is 7.41. The van der Waals surface area contributed by atoms with Crippen LogP contribution in [0.5, 0.6) is 0 Å². The van der Waals surface area contributed by atoms with Crippen molar-refractivity contribution in [2.75, 3.05) is 26.7 Å². The van der Waals surface area contributed by atoms with Crippen LogP contribution in [0.3, 0.4) is 0 Å². The summed E-state index contributed by atoms with van der Waals surface area (Å²) in [5, 5.41) is 0.758. The first kappa shape index (κ1) is 15.8. The van der Waals surface area contributed by atoms with Crippen molar-refractivity contribution >= 4 is 11.6 Å². The molecule has 3 atom stereocenters. The van der Waals surface area contributed by atoms with Gasteiger partial charge in [-0.3, -0.25) is 0 Å². The minimum Gasteiger partial charge on any atom is -0.380 e. The minimum atomic E-state index is 0.0765. The van der Waals surface area contributed by atoms with Crippen LogP contribution in [0.2, 0.25) is 5.02 Å². The van der Waals surface area contributed by atoms with E-state index in [0.717, 1.165) is 36.6 Å². The quantitative estimate of drug-likeness (QED) is 0.907. The third-order valence-electron chi connectivity index (χ3n) is 4.33. The highest BCUT2D eigenvalue weighted by Crippen LogP contribution is 2.22. The Morgan fingerprint density at radius 3 is 2.75 bits per heavy atom. The van der Waals surface area contributed by atoms with E-state index in [-0.39, 0.29) is 6.04 Å². The van der Waals surface area contributed by atoms with E-state index in [2.05, 4.69) is 11.8 Å². The number of piperidine rings is 1. The molecule has 1 heterocycles. The van der Waals surface area contributed by atoms with Gasteiger partial charge in [0.25, 0.3) is 0 Å². The zero-order valence-electron chi connectivity index (χ0n) is 12.4. The Kier molecular flexibility index (Phi) is 5.85. The molecule has 2 rings (SSSR count).